The molecule has 9 heteroatoms. The van der Waals surface area contributed by atoms with Crippen molar-refractivity contribution in [3.63, 3.8) is 0 Å². The van der Waals surface area contributed by atoms with Crippen LogP contribution >= 0.6 is 22.7 Å². The van der Waals surface area contributed by atoms with Gasteiger partial charge in [0.1, 0.15) is 0 Å². The number of thiazole rings is 2. The Bertz CT molecular complexity index is 2330. The van der Waals surface area contributed by atoms with Crippen molar-refractivity contribution in [2.45, 2.75) is 0 Å². The van der Waals surface area contributed by atoms with Crippen molar-refractivity contribution in [2.24, 2.45) is 0 Å². The zero-order chi connectivity index (χ0) is 30.5. The molecule has 0 unspecified atom stereocenters. The lowest BCUT2D eigenvalue weighted by atomic mass is 10.2. The van der Waals surface area contributed by atoms with E-state index in [-0.39, 0.29) is 0 Å². The van der Waals surface area contributed by atoms with E-state index in [1.807, 2.05) is 6.07 Å². The summed E-state index contributed by atoms with van der Waals surface area (Å²) >= 11 is 3.00. The summed E-state index contributed by atoms with van der Waals surface area (Å²) in [5.74, 6) is 0.770. The molecule has 0 bridgehead atoms. The van der Waals surface area contributed by atoms with E-state index in [1.54, 1.807) is 5.51 Å². The summed E-state index contributed by atoms with van der Waals surface area (Å²) in [6.45, 7) is 0. The van der Waals surface area contributed by atoms with Crippen LogP contribution in [0.15, 0.2) is 145 Å². The molecule has 0 fully saturated rings. The summed E-state index contributed by atoms with van der Waals surface area (Å²) in [5.41, 5.74) is 6.00. The van der Waals surface area contributed by atoms with Gasteiger partial charge in [-0.3, -0.25) is 4.57 Å². The SMILES string of the molecule is c1ccc(-n2c(-c3nc4nc5ncsc5nc4s3)nc3cccc([Si](c4ccccc4)(c4ccccc4)c4ccccc4)c32)cc1. The van der Waals surface area contributed by atoms with Crippen LogP contribution in [0.4, 0.5) is 0 Å². The highest BCUT2D eigenvalue weighted by Gasteiger charge is 2.43. The summed E-state index contributed by atoms with van der Waals surface area (Å²) in [6.07, 6.45) is 0. The standard InChI is InChI=1S/C37H24N6S2Si/c1-5-14-25(15-6-1)43-31-29(39-34(43)37-41-33-36(45-37)42-35-32(40-33)38-24-44-35)22-13-23-30(31)46(26-16-7-2-8-17-26,27-18-9-3-10-19-27)28-20-11-4-12-21-28/h1-24H. The molecule has 4 heterocycles. The minimum atomic E-state index is -2.88. The lowest BCUT2D eigenvalue weighted by molar-refractivity contribution is 1.10. The number of imidazole rings is 1. The maximum absolute atomic E-state index is 5.33. The average Bonchev–Trinajstić information content (AvgIpc) is 3.86. The van der Waals surface area contributed by atoms with Crippen LogP contribution in [0.1, 0.15) is 0 Å². The third kappa shape index (κ3) is 4.17. The molecule has 46 heavy (non-hydrogen) atoms. The van der Waals surface area contributed by atoms with Gasteiger partial charge in [-0.05, 0) is 38.9 Å². The van der Waals surface area contributed by atoms with Crippen LogP contribution in [-0.4, -0.2) is 37.6 Å². The predicted octanol–water partition coefficient (Wildman–Crippen LogP) is 6.08. The quantitative estimate of drug-likeness (QED) is 0.162. The fourth-order valence-corrected chi connectivity index (χ4v) is 13.0. The number of para-hydroxylation sites is 2. The lowest BCUT2D eigenvalue weighted by Crippen LogP contribution is -2.75. The Morgan fingerprint density at radius 1 is 0.522 bits per heavy atom. The van der Waals surface area contributed by atoms with Gasteiger partial charge in [0.05, 0.1) is 16.5 Å². The largest absolute Gasteiger partial charge is 0.290 e. The van der Waals surface area contributed by atoms with E-state index in [0.29, 0.717) is 11.3 Å². The summed E-state index contributed by atoms with van der Waals surface area (Å²) < 4.78 is 2.29. The molecule has 9 rings (SSSR count). The van der Waals surface area contributed by atoms with Gasteiger partial charge in [0.25, 0.3) is 0 Å². The molecule has 0 saturated carbocycles. The van der Waals surface area contributed by atoms with Gasteiger partial charge in [-0.2, -0.15) is 0 Å². The second-order valence-electron chi connectivity index (χ2n) is 11.0. The number of hydrogen-bond donors (Lipinski definition) is 0. The van der Waals surface area contributed by atoms with Crippen LogP contribution in [0.2, 0.25) is 0 Å². The Morgan fingerprint density at radius 2 is 1.13 bits per heavy atom. The van der Waals surface area contributed by atoms with Gasteiger partial charge >= 0.3 is 0 Å². The third-order valence-electron chi connectivity index (χ3n) is 8.44. The molecular formula is C37H24N6S2Si. The van der Waals surface area contributed by atoms with Crippen molar-refractivity contribution in [3.05, 3.63) is 145 Å². The smallest absolute Gasteiger partial charge is 0.192 e. The van der Waals surface area contributed by atoms with Gasteiger partial charge in [0.2, 0.25) is 0 Å². The van der Waals surface area contributed by atoms with E-state index in [9.17, 15) is 0 Å². The summed E-state index contributed by atoms with van der Waals surface area (Å²) in [7, 11) is -2.88. The van der Waals surface area contributed by atoms with Crippen molar-refractivity contribution in [3.8, 4) is 16.5 Å². The molecule has 0 N–H and O–H groups in total. The van der Waals surface area contributed by atoms with E-state index in [1.165, 1.54) is 43.4 Å². The number of hydrogen-bond acceptors (Lipinski definition) is 7. The highest BCUT2D eigenvalue weighted by atomic mass is 32.1. The number of rotatable bonds is 6. The van der Waals surface area contributed by atoms with Crippen LogP contribution < -0.4 is 20.7 Å². The van der Waals surface area contributed by atoms with Crippen LogP contribution in [0, 0.1) is 0 Å². The molecule has 218 valence electrons. The fraction of sp³-hybridized carbons (Fsp3) is 0. The van der Waals surface area contributed by atoms with E-state index in [4.69, 9.17) is 19.9 Å². The van der Waals surface area contributed by atoms with Gasteiger partial charge in [0.15, 0.2) is 39.9 Å². The topological polar surface area (TPSA) is 69.4 Å². The molecule has 0 atom stereocenters. The highest BCUT2D eigenvalue weighted by Crippen LogP contribution is 2.34. The van der Waals surface area contributed by atoms with Crippen LogP contribution in [0.3, 0.4) is 0 Å². The molecular weight excluding hydrogens is 621 g/mol. The van der Waals surface area contributed by atoms with Gasteiger partial charge in [-0.15, -0.1) is 11.3 Å². The Morgan fingerprint density at radius 3 is 1.76 bits per heavy atom. The number of fused-ring (bicyclic) bond motifs is 3. The van der Waals surface area contributed by atoms with Crippen molar-refractivity contribution < 1.29 is 0 Å². The molecule has 4 aromatic heterocycles. The molecule has 0 radical (unpaired) electrons. The van der Waals surface area contributed by atoms with E-state index in [2.05, 4.69) is 143 Å². The van der Waals surface area contributed by atoms with Crippen molar-refractivity contribution in [2.75, 3.05) is 0 Å². The normalized spacial score (nSPS) is 11.9. The predicted molar refractivity (Wildman–Crippen MR) is 192 cm³/mol. The summed E-state index contributed by atoms with van der Waals surface area (Å²) in [6, 6.07) is 50.0. The van der Waals surface area contributed by atoms with E-state index >= 15 is 0 Å². The van der Waals surface area contributed by atoms with Gasteiger partial charge < -0.3 is 0 Å². The maximum Gasteiger partial charge on any atom is 0.192 e. The van der Waals surface area contributed by atoms with Gasteiger partial charge in [-0.1, -0.05) is 133 Å². The molecule has 0 aliphatic carbocycles. The van der Waals surface area contributed by atoms with Gasteiger partial charge in [0, 0.05) is 5.69 Å². The zero-order valence-corrected chi connectivity index (χ0v) is 27.0. The first-order valence-electron chi connectivity index (χ1n) is 14.9. The first-order chi connectivity index (χ1) is 22.8. The first-order valence-corrected chi connectivity index (χ1v) is 18.6. The summed E-state index contributed by atoms with van der Waals surface area (Å²) in [5, 5.41) is 5.96. The first kappa shape index (κ1) is 27.0. The van der Waals surface area contributed by atoms with Crippen LogP contribution in [0.25, 0.3) is 48.5 Å². The molecule has 5 aromatic carbocycles. The minimum absolute atomic E-state index is 0.590. The van der Waals surface area contributed by atoms with Crippen LogP contribution in [-0.2, 0) is 0 Å². The average molecular weight is 645 g/mol. The Hall–Kier alpha value is -5.35. The Labute approximate surface area is 273 Å². The fourth-order valence-electron chi connectivity index (χ4n) is 6.56. The number of benzene rings is 5. The second-order valence-corrected chi connectivity index (χ2v) is 16.6. The van der Waals surface area contributed by atoms with Crippen molar-refractivity contribution in [1.82, 2.24) is 29.5 Å². The molecule has 0 spiro atoms. The Balaban J connectivity index is 1.43. The van der Waals surface area contributed by atoms with Crippen LogP contribution in [0.5, 0.6) is 0 Å². The minimum Gasteiger partial charge on any atom is -0.290 e. The van der Waals surface area contributed by atoms with Gasteiger partial charge in [-0.25, -0.2) is 24.9 Å². The van der Waals surface area contributed by atoms with E-state index < -0.39 is 8.07 Å². The Kier molecular flexibility index (Phi) is 6.41. The van der Waals surface area contributed by atoms with Crippen molar-refractivity contribution in [1.29, 1.82) is 0 Å². The highest BCUT2D eigenvalue weighted by molar-refractivity contribution is 7.22. The molecule has 0 amide bonds. The monoisotopic (exact) mass is 644 g/mol. The lowest BCUT2D eigenvalue weighted by Gasteiger charge is -2.35. The zero-order valence-electron chi connectivity index (χ0n) is 24.4. The number of aromatic nitrogens is 6. The molecule has 0 saturated heterocycles. The molecule has 0 aliphatic rings. The molecule has 9 aromatic rings. The third-order valence-corrected chi connectivity index (χ3v) is 14.9. The second kappa shape index (κ2) is 10.9. The molecule has 6 nitrogen and oxygen atoms in total. The maximum atomic E-state index is 5.33. The van der Waals surface area contributed by atoms with Crippen molar-refractivity contribution >= 4 is 83.5 Å². The molecule has 0 aliphatic heterocycles. The van der Waals surface area contributed by atoms with E-state index in [0.717, 1.165) is 37.2 Å². The number of nitrogens with zero attached hydrogens (tertiary/aromatic N) is 6. The summed E-state index contributed by atoms with van der Waals surface area (Å²) in [4.78, 5) is 25.8.